The van der Waals surface area contributed by atoms with Crippen LogP contribution in [0.2, 0.25) is 0 Å². The summed E-state index contributed by atoms with van der Waals surface area (Å²) in [5.41, 5.74) is 1.03. The van der Waals surface area contributed by atoms with E-state index < -0.39 is 10.0 Å². The Hall–Kier alpha value is -1.44. The Labute approximate surface area is 182 Å². The van der Waals surface area contributed by atoms with Gasteiger partial charge in [-0.2, -0.15) is 4.31 Å². The second-order valence-corrected chi connectivity index (χ2v) is 10.7. The molecular formula is C23H37N3O3S. The second-order valence-electron chi connectivity index (χ2n) is 8.75. The van der Waals surface area contributed by atoms with Crippen LogP contribution < -0.4 is 5.32 Å². The number of hydrogen-bond acceptors (Lipinski definition) is 4. The molecule has 3 rings (SSSR count). The molecule has 2 unspecified atom stereocenters. The van der Waals surface area contributed by atoms with Gasteiger partial charge in [-0.1, -0.05) is 31.0 Å². The van der Waals surface area contributed by atoms with E-state index in [1.165, 1.54) is 36.5 Å². The highest BCUT2D eigenvalue weighted by Gasteiger charge is 2.33. The molecule has 2 aliphatic heterocycles. The van der Waals surface area contributed by atoms with Crippen LogP contribution in [0, 0.1) is 12.8 Å². The highest BCUT2D eigenvalue weighted by atomic mass is 32.2. The molecule has 2 saturated heterocycles. The SMILES string of the molecule is CCC1CCCCN1CCCNC(=O)C1CCCN(S(=O)(=O)c2ccc(C)cc2)C1. The third-order valence-electron chi connectivity index (χ3n) is 6.56. The van der Waals surface area contributed by atoms with Gasteiger partial charge in [0.25, 0.3) is 0 Å². The quantitative estimate of drug-likeness (QED) is 0.637. The van der Waals surface area contributed by atoms with Gasteiger partial charge in [0.2, 0.25) is 15.9 Å². The van der Waals surface area contributed by atoms with Crippen LogP contribution in [-0.2, 0) is 14.8 Å². The molecular weight excluding hydrogens is 398 g/mol. The number of hydrogen-bond donors (Lipinski definition) is 1. The van der Waals surface area contributed by atoms with Crippen molar-refractivity contribution >= 4 is 15.9 Å². The van der Waals surface area contributed by atoms with Crippen LogP contribution in [-0.4, -0.2) is 62.3 Å². The molecule has 2 heterocycles. The summed E-state index contributed by atoms with van der Waals surface area (Å²) in [4.78, 5) is 15.5. The molecule has 0 bridgehead atoms. The number of nitrogens with zero attached hydrogens (tertiary/aromatic N) is 2. The predicted octanol–water partition coefficient (Wildman–Crippen LogP) is 3.17. The molecule has 1 aromatic carbocycles. The van der Waals surface area contributed by atoms with Crippen molar-refractivity contribution in [2.45, 2.75) is 69.7 Å². The molecule has 2 atom stereocenters. The molecule has 7 heteroatoms. The third-order valence-corrected chi connectivity index (χ3v) is 8.43. The fourth-order valence-electron chi connectivity index (χ4n) is 4.69. The van der Waals surface area contributed by atoms with Gasteiger partial charge in [-0.25, -0.2) is 8.42 Å². The molecule has 2 aliphatic rings. The molecule has 0 aromatic heterocycles. The van der Waals surface area contributed by atoms with Crippen LogP contribution in [0.15, 0.2) is 29.2 Å². The van der Waals surface area contributed by atoms with Crippen molar-refractivity contribution in [2.75, 3.05) is 32.7 Å². The summed E-state index contributed by atoms with van der Waals surface area (Å²) in [6, 6.07) is 7.61. The highest BCUT2D eigenvalue weighted by Crippen LogP contribution is 2.24. The summed E-state index contributed by atoms with van der Waals surface area (Å²) in [7, 11) is -3.55. The molecule has 0 aliphatic carbocycles. The van der Waals surface area contributed by atoms with Gasteiger partial charge in [-0.15, -0.1) is 0 Å². The number of rotatable bonds is 8. The first-order valence-electron chi connectivity index (χ1n) is 11.5. The lowest BCUT2D eigenvalue weighted by Gasteiger charge is -2.35. The van der Waals surface area contributed by atoms with Crippen LogP contribution >= 0.6 is 0 Å². The first-order chi connectivity index (χ1) is 14.4. The number of aryl methyl sites for hydroxylation is 1. The maximum atomic E-state index is 13.0. The van der Waals surface area contributed by atoms with E-state index in [4.69, 9.17) is 0 Å². The lowest BCUT2D eigenvalue weighted by molar-refractivity contribution is -0.126. The van der Waals surface area contributed by atoms with E-state index in [-0.39, 0.29) is 18.4 Å². The molecule has 1 N–H and O–H groups in total. The van der Waals surface area contributed by atoms with Crippen LogP contribution in [0.3, 0.4) is 0 Å². The summed E-state index contributed by atoms with van der Waals surface area (Å²) in [5.74, 6) is -0.276. The molecule has 0 spiro atoms. The Morgan fingerprint density at radius 1 is 1.10 bits per heavy atom. The molecule has 6 nitrogen and oxygen atoms in total. The van der Waals surface area contributed by atoms with Crippen molar-refractivity contribution in [2.24, 2.45) is 5.92 Å². The number of likely N-dealkylation sites (tertiary alicyclic amines) is 1. The highest BCUT2D eigenvalue weighted by molar-refractivity contribution is 7.89. The Balaban J connectivity index is 1.47. The van der Waals surface area contributed by atoms with Gasteiger partial charge in [0.15, 0.2) is 0 Å². The van der Waals surface area contributed by atoms with Gasteiger partial charge >= 0.3 is 0 Å². The summed E-state index contributed by atoms with van der Waals surface area (Å²) in [5, 5.41) is 3.06. The monoisotopic (exact) mass is 435 g/mol. The van der Waals surface area contributed by atoms with Crippen LogP contribution in [0.25, 0.3) is 0 Å². The Morgan fingerprint density at radius 3 is 2.60 bits per heavy atom. The number of amides is 1. The summed E-state index contributed by atoms with van der Waals surface area (Å²) >= 11 is 0. The molecule has 1 aromatic rings. The van der Waals surface area contributed by atoms with Gasteiger partial charge in [-0.3, -0.25) is 4.79 Å². The minimum Gasteiger partial charge on any atom is -0.356 e. The van der Waals surface area contributed by atoms with Gasteiger partial charge in [0.05, 0.1) is 10.8 Å². The van der Waals surface area contributed by atoms with Gasteiger partial charge in [0.1, 0.15) is 0 Å². The van der Waals surface area contributed by atoms with Crippen molar-refractivity contribution in [3.05, 3.63) is 29.8 Å². The van der Waals surface area contributed by atoms with E-state index in [1.807, 2.05) is 19.1 Å². The van der Waals surface area contributed by atoms with E-state index in [2.05, 4.69) is 17.1 Å². The smallest absolute Gasteiger partial charge is 0.243 e. The maximum Gasteiger partial charge on any atom is 0.243 e. The fraction of sp³-hybridized carbons (Fsp3) is 0.696. The molecule has 0 saturated carbocycles. The first kappa shape index (κ1) is 23.2. The third kappa shape index (κ3) is 5.83. The summed E-state index contributed by atoms with van der Waals surface area (Å²) < 4.78 is 27.4. The molecule has 30 heavy (non-hydrogen) atoms. The zero-order valence-electron chi connectivity index (χ0n) is 18.5. The maximum absolute atomic E-state index is 13.0. The van der Waals surface area contributed by atoms with Gasteiger partial charge in [-0.05, 0) is 64.1 Å². The van der Waals surface area contributed by atoms with E-state index in [1.54, 1.807) is 12.1 Å². The van der Waals surface area contributed by atoms with Crippen LogP contribution in [0.1, 0.15) is 57.4 Å². The number of piperidine rings is 2. The largest absolute Gasteiger partial charge is 0.356 e. The zero-order valence-corrected chi connectivity index (χ0v) is 19.3. The van der Waals surface area contributed by atoms with Crippen molar-refractivity contribution < 1.29 is 13.2 Å². The topological polar surface area (TPSA) is 69.7 Å². The Kier molecular flexibility index (Phi) is 8.31. The lowest BCUT2D eigenvalue weighted by Crippen LogP contribution is -2.46. The van der Waals surface area contributed by atoms with Crippen molar-refractivity contribution in [3.8, 4) is 0 Å². The standard InChI is InChI=1S/C23H37N3O3S/c1-3-21-9-4-5-15-25(21)16-7-14-24-23(27)20-8-6-17-26(18-20)30(28,29)22-12-10-19(2)11-13-22/h10-13,20-21H,3-9,14-18H2,1-2H3,(H,24,27). The van der Waals surface area contributed by atoms with Crippen molar-refractivity contribution in [1.82, 2.24) is 14.5 Å². The summed E-state index contributed by atoms with van der Waals surface area (Å²) in [6.07, 6.45) is 7.49. The van der Waals surface area contributed by atoms with E-state index in [0.29, 0.717) is 24.0 Å². The molecule has 0 radical (unpaired) electrons. The molecule has 1 amide bonds. The number of sulfonamides is 1. The van der Waals surface area contributed by atoms with Crippen molar-refractivity contribution in [1.29, 1.82) is 0 Å². The fourth-order valence-corrected chi connectivity index (χ4v) is 6.21. The normalized spacial score (nSPS) is 23.9. The van der Waals surface area contributed by atoms with Gasteiger partial charge < -0.3 is 10.2 Å². The van der Waals surface area contributed by atoms with Crippen LogP contribution in [0.4, 0.5) is 0 Å². The summed E-state index contributed by atoms with van der Waals surface area (Å²) in [6.45, 7) is 7.79. The minimum atomic E-state index is -3.55. The number of benzene rings is 1. The van der Waals surface area contributed by atoms with Crippen LogP contribution in [0.5, 0.6) is 0 Å². The Bertz CT molecular complexity index is 794. The Morgan fingerprint density at radius 2 is 1.87 bits per heavy atom. The first-order valence-corrected chi connectivity index (χ1v) is 12.9. The number of carbonyl (C=O) groups excluding carboxylic acids is 1. The van der Waals surface area contributed by atoms with E-state index >= 15 is 0 Å². The average Bonchev–Trinajstić information content (AvgIpc) is 2.77. The number of nitrogens with one attached hydrogen (secondary N) is 1. The van der Waals surface area contributed by atoms with Crippen molar-refractivity contribution in [3.63, 3.8) is 0 Å². The zero-order chi connectivity index (χ0) is 21.6. The predicted molar refractivity (Wildman–Crippen MR) is 120 cm³/mol. The molecule has 2 fully saturated rings. The minimum absolute atomic E-state index is 0.00973. The number of carbonyl (C=O) groups is 1. The van der Waals surface area contributed by atoms with Gasteiger partial charge in [0, 0.05) is 32.2 Å². The van der Waals surface area contributed by atoms with E-state index in [0.717, 1.165) is 31.4 Å². The second kappa shape index (κ2) is 10.7. The van der Waals surface area contributed by atoms with E-state index in [9.17, 15) is 13.2 Å². The average molecular weight is 436 g/mol. The molecule has 168 valence electrons. The lowest BCUT2D eigenvalue weighted by atomic mass is 9.98.